The van der Waals surface area contributed by atoms with Gasteiger partial charge in [0.05, 0.1) is 18.7 Å². The first-order valence-corrected chi connectivity index (χ1v) is 10.4. The molecule has 2 aliphatic rings. The van der Waals surface area contributed by atoms with Gasteiger partial charge in [0, 0.05) is 43.0 Å². The lowest BCUT2D eigenvalue weighted by Gasteiger charge is -2.26. The molecule has 9 nitrogen and oxygen atoms in total. The van der Waals surface area contributed by atoms with E-state index in [1.165, 1.54) is 0 Å². The number of hydrogen-bond donors (Lipinski definition) is 2. The van der Waals surface area contributed by atoms with E-state index in [0.29, 0.717) is 49.7 Å². The van der Waals surface area contributed by atoms with Gasteiger partial charge in [0.25, 0.3) is 0 Å². The van der Waals surface area contributed by atoms with Crippen LogP contribution in [0.15, 0.2) is 48.8 Å². The number of pyridine rings is 1. The molecular formula is C22H23N5O4. The molecule has 5 rings (SSSR count). The van der Waals surface area contributed by atoms with Gasteiger partial charge in [-0.1, -0.05) is 0 Å². The Balaban J connectivity index is 1.27. The Bertz CT molecular complexity index is 1120. The number of rotatable bonds is 4. The van der Waals surface area contributed by atoms with Gasteiger partial charge in [0.15, 0.2) is 0 Å². The highest BCUT2D eigenvalue weighted by Gasteiger charge is 2.24. The van der Waals surface area contributed by atoms with Crippen molar-refractivity contribution in [3.8, 4) is 11.5 Å². The van der Waals surface area contributed by atoms with E-state index in [0.717, 1.165) is 23.7 Å². The zero-order valence-corrected chi connectivity index (χ0v) is 16.9. The van der Waals surface area contributed by atoms with Gasteiger partial charge in [0.2, 0.25) is 0 Å². The molecule has 3 aromatic rings. The number of carbonyl (C=O) groups is 2. The number of carbonyl (C=O) groups excluding carboxylic acids is 2. The third-order valence-electron chi connectivity index (χ3n) is 5.29. The standard InChI is InChI=1S/C22H23N5O4/c28-21(26-9-11-30-12-10-26)25-20-14-18(5-7-23-20)31-17-3-4-19-15(13-17)6-8-27(19)22(29)24-16-1-2-16/h3-8,13-14,16H,1-2,9-12H2,(H,24,29)(H,23,25,28). The number of nitrogens with one attached hydrogen (secondary N) is 2. The molecule has 0 spiro atoms. The highest BCUT2D eigenvalue weighted by Crippen LogP contribution is 2.28. The molecule has 1 aromatic carbocycles. The summed E-state index contributed by atoms with van der Waals surface area (Å²) in [6.07, 6.45) is 5.44. The molecule has 0 unspecified atom stereocenters. The Kier molecular flexibility index (Phi) is 5.17. The lowest BCUT2D eigenvalue weighted by atomic mass is 10.2. The molecule has 0 atom stereocenters. The maximum atomic E-state index is 12.4. The van der Waals surface area contributed by atoms with Crippen molar-refractivity contribution in [1.29, 1.82) is 0 Å². The molecule has 2 fully saturated rings. The number of ether oxygens (including phenoxy) is 2. The molecule has 0 radical (unpaired) electrons. The van der Waals surface area contributed by atoms with Gasteiger partial charge in [-0.3, -0.25) is 9.88 Å². The molecule has 1 saturated carbocycles. The van der Waals surface area contributed by atoms with E-state index in [1.54, 1.807) is 34.0 Å². The predicted molar refractivity (Wildman–Crippen MR) is 115 cm³/mol. The molecule has 2 N–H and O–H groups in total. The second kappa shape index (κ2) is 8.27. The fraction of sp³-hybridized carbons (Fsp3) is 0.318. The summed E-state index contributed by atoms with van der Waals surface area (Å²) in [6, 6.07) is 10.8. The second-order valence-corrected chi connectivity index (χ2v) is 7.64. The predicted octanol–water partition coefficient (Wildman–Crippen LogP) is 3.41. The summed E-state index contributed by atoms with van der Waals surface area (Å²) in [5.74, 6) is 1.60. The zero-order chi connectivity index (χ0) is 21.2. The summed E-state index contributed by atoms with van der Waals surface area (Å²) in [5, 5.41) is 6.69. The largest absolute Gasteiger partial charge is 0.457 e. The van der Waals surface area contributed by atoms with Crippen LogP contribution in [-0.4, -0.2) is 58.9 Å². The van der Waals surface area contributed by atoms with Crippen molar-refractivity contribution in [3.63, 3.8) is 0 Å². The van der Waals surface area contributed by atoms with Crippen LogP contribution >= 0.6 is 0 Å². The van der Waals surface area contributed by atoms with E-state index < -0.39 is 0 Å². The number of fused-ring (bicyclic) bond motifs is 1. The van der Waals surface area contributed by atoms with Crippen LogP contribution in [-0.2, 0) is 4.74 Å². The minimum atomic E-state index is -0.208. The van der Waals surface area contributed by atoms with Crippen LogP contribution in [0.3, 0.4) is 0 Å². The number of morpholine rings is 1. The van der Waals surface area contributed by atoms with Crippen LogP contribution in [0.5, 0.6) is 11.5 Å². The summed E-state index contributed by atoms with van der Waals surface area (Å²) in [5.41, 5.74) is 0.818. The van der Waals surface area contributed by atoms with E-state index in [1.807, 2.05) is 24.3 Å². The normalized spacial score (nSPS) is 16.2. The lowest BCUT2D eigenvalue weighted by Crippen LogP contribution is -2.43. The molecule has 1 aliphatic carbocycles. The lowest BCUT2D eigenvalue weighted by molar-refractivity contribution is 0.0564. The van der Waals surface area contributed by atoms with Crippen LogP contribution < -0.4 is 15.4 Å². The number of nitrogens with zero attached hydrogens (tertiary/aromatic N) is 3. The first-order chi connectivity index (χ1) is 15.2. The van der Waals surface area contributed by atoms with E-state index in [4.69, 9.17) is 9.47 Å². The first kappa shape index (κ1) is 19.4. The highest BCUT2D eigenvalue weighted by atomic mass is 16.5. The Morgan fingerprint density at radius 2 is 1.84 bits per heavy atom. The number of aromatic nitrogens is 2. The van der Waals surface area contributed by atoms with E-state index in [-0.39, 0.29) is 12.1 Å². The zero-order valence-electron chi connectivity index (χ0n) is 16.9. The van der Waals surface area contributed by atoms with Crippen molar-refractivity contribution in [3.05, 3.63) is 48.8 Å². The minimum Gasteiger partial charge on any atom is -0.457 e. The van der Waals surface area contributed by atoms with Crippen LogP contribution in [0.2, 0.25) is 0 Å². The van der Waals surface area contributed by atoms with E-state index in [2.05, 4.69) is 15.6 Å². The molecule has 31 heavy (non-hydrogen) atoms. The summed E-state index contributed by atoms with van der Waals surface area (Å²) in [6.45, 7) is 2.19. The highest BCUT2D eigenvalue weighted by molar-refractivity contribution is 5.92. The Labute approximate surface area is 178 Å². The smallest absolute Gasteiger partial charge is 0.326 e. The fourth-order valence-electron chi connectivity index (χ4n) is 3.47. The monoisotopic (exact) mass is 421 g/mol. The van der Waals surface area contributed by atoms with Gasteiger partial charge in [-0.15, -0.1) is 0 Å². The van der Waals surface area contributed by atoms with Crippen LogP contribution in [0.4, 0.5) is 15.4 Å². The molecule has 3 heterocycles. The van der Waals surface area contributed by atoms with Crippen LogP contribution in [0, 0.1) is 0 Å². The van der Waals surface area contributed by atoms with Crippen LogP contribution in [0.1, 0.15) is 12.8 Å². The molecule has 1 aliphatic heterocycles. The summed E-state index contributed by atoms with van der Waals surface area (Å²) >= 11 is 0. The van der Waals surface area contributed by atoms with Crippen molar-refractivity contribution in [2.75, 3.05) is 31.6 Å². The number of benzene rings is 1. The second-order valence-electron chi connectivity index (χ2n) is 7.64. The minimum absolute atomic E-state index is 0.110. The average molecular weight is 421 g/mol. The molecule has 1 saturated heterocycles. The van der Waals surface area contributed by atoms with Crippen molar-refractivity contribution < 1.29 is 19.1 Å². The van der Waals surface area contributed by atoms with E-state index in [9.17, 15) is 9.59 Å². The van der Waals surface area contributed by atoms with Crippen LogP contribution in [0.25, 0.3) is 10.9 Å². The average Bonchev–Trinajstić information content (AvgIpc) is 3.50. The summed E-state index contributed by atoms with van der Waals surface area (Å²) < 4.78 is 12.8. The summed E-state index contributed by atoms with van der Waals surface area (Å²) in [7, 11) is 0. The van der Waals surface area contributed by atoms with Gasteiger partial charge < -0.3 is 19.7 Å². The molecular weight excluding hydrogens is 398 g/mol. The molecule has 9 heteroatoms. The maximum Gasteiger partial charge on any atom is 0.326 e. The summed E-state index contributed by atoms with van der Waals surface area (Å²) in [4.78, 5) is 30.6. The van der Waals surface area contributed by atoms with Gasteiger partial charge >= 0.3 is 12.1 Å². The third kappa shape index (κ3) is 4.46. The Morgan fingerprint density at radius 3 is 2.65 bits per heavy atom. The number of anilines is 1. The van der Waals surface area contributed by atoms with Crippen molar-refractivity contribution in [2.45, 2.75) is 18.9 Å². The van der Waals surface area contributed by atoms with Gasteiger partial charge in [-0.25, -0.2) is 14.6 Å². The van der Waals surface area contributed by atoms with Crippen molar-refractivity contribution >= 4 is 28.8 Å². The number of amides is 3. The molecule has 0 bridgehead atoms. The van der Waals surface area contributed by atoms with Gasteiger partial charge in [-0.2, -0.15) is 0 Å². The number of hydrogen-bond acceptors (Lipinski definition) is 5. The quantitative estimate of drug-likeness (QED) is 0.673. The topological polar surface area (TPSA) is 97.7 Å². The SMILES string of the molecule is O=C(Nc1cc(Oc2ccc3c(ccn3C(=O)NC3CC3)c2)ccn1)N1CCOCC1. The third-order valence-corrected chi connectivity index (χ3v) is 5.29. The van der Waals surface area contributed by atoms with Crippen molar-refractivity contribution in [2.24, 2.45) is 0 Å². The van der Waals surface area contributed by atoms with Gasteiger partial charge in [-0.05, 0) is 43.2 Å². The molecule has 160 valence electrons. The first-order valence-electron chi connectivity index (χ1n) is 10.4. The molecule has 3 amide bonds. The number of urea groups is 1. The van der Waals surface area contributed by atoms with Crippen molar-refractivity contribution in [1.82, 2.24) is 19.8 Å². The fourth-order valence-corrected chi connectivity index (χ4v) is 3.47. The maximum absolute atomic E-state index is 12.4. The Hall–Kier alpha value is -3.59. The molecule has 2 aromatic heterocycles. The van der Waals surface area contributed by atoms with Gasteiger partial charge in [0.1, 0.15) is 17.3 Å². The Morgan fingerprint density at radius 1 is 1.03 bits per heavy atom. The van der Waals surface area contributed by atoms with E-state index >= 15 is 0 Å².